The third-order valence-electron chi connectivity index (χ3n) is 2.23. The minimum absolute atomic E-state index is 0.759. The maximum Gasteiger partial charge on any atom is 0.0599 e. The number of hydrogen-bond acceptors (Lipinski definition) is 3. The van der Waals surface area contributed by atoms with Crippen molar-refractivity contribution in [3.8, 4) is 12.3 Å². The monoisotopic (exact) mass is 167 g/mol. The maximum atomic E-state index is 5.47. The number of piperazine rings is 1. The molecule has 0 aromatic carbocycles. The summed E-state index contributed by atoms with van der Waals surface area (Å²) in [6.45, 7) is 6.96. The molecule has 1 aliphatic heterocycles. The Labute approximate surface area is 74.5 Å². The van der Waals surface area contributed by atoms with E-state index in [2.05, 4.69) is 15.7 Å². The second-order valence-corrected chi connectivity index (χ2v) is 3.11. The maximum absolute atomic E-state index is 5.47. The summed E-state index contributed by atoms with van der Waals surface area (Å²) in [6, 6.07) is 0. The van der Waals surface area contributed by atoms with Gasteiger partial charge in [0.1, 0.15) is 0 Å². The molecular weight excluding hydrogens is 150 g/mol. The van der Waals surface area contributed by atoms with Gasteiger partial charge in [0, 0.05) is 39.3 Å². The molecule has 1 aliphatic rings. The zero-order valence-electron chi connectivity index (χ0n) is 7.50. The van der Waals surface area contributed by atoms with Crippen molar-refractivity contribution in [2.24, 2.45) is 5.73 Å². The molecule has 1 rings (SSSR count). The van der Waals surface area contributed by atoms with E-state index < -0.39 is 0 Å². The fourth-order valence-electron chi connectivity index (χ4n) is 1.48. The number of terminal acetylenes is 1. The summed E-state index contributed by atoms with van der Waals surface area (Å²) in [6.07, 6.45) is 5.23. The second kappa shape index (κ2) is 5.15. The van der Waals surface area contributed by atoms with E-state index in [-0.39, 0.29) is 0 Å². The fourth-order valence-corrected chi connectivity index (χ4v) is 1.48. The summed E-state index contributed by atoms with van der Waals surface area (Å²) in [4.78, 5) is 4.68. The van der Waals surface area contributed by atoms with Gasteiger partial charge in [0.05, 0.1) is 6.54 Å². The number of rotatable bonds is 3. The van der Waals surface area contributed by atoms with Gasteiger partial charge >= 0.3 is 0 Å². The highest BCUT2D eigenvalue weighted by atomic mass is 15.3. The summed E-state index contributed by atoms with van der Waals surface area (Å²) in [5.41, 5.74) is 5.47. The summed E-state index contributed by atoms with van der Waals surface area (Å²) in [5.74, 6) is 2.67. The molecule has 0 unspecified atom stereocenters. The van der Waals surface area contributed by atoms with Crippen LogP contribution in [-0.4, -0.2) is 55.6 Å². The van der Waals surface area contributed by atoms with Crippen LogP contribution < -0.4 is 5.73 Å². The molecule has 0 aliphatic carbocycles. The van der Waals surface area contributed by atoms with Crippen LogP contribution in [0.25, 0.3) is 0 Å². The lowest BCUT2D eigenvalue weighted by Gasteiger charge is -2.33. The van der Waals surface area contributed by atoms with Crippen LogP contribution in [0.3, 0.4) is 0 Å². The molecule has 12 heavy (non-hydrogen) atoms. The van der Waals surface area contributed by atoms with E-state index in [1.54, 1.807) is 0 Å². The summed E-state index contributed by atoms with van der Waals surface area (Å²) in [5, 5.41) is 0. The summed E-state index contributed by atoms with van der Waals surface area (Å²) in [7, 11) is 0. The van der Waals surface area contributed by atoms with E-state index in [1.165, 1.54) is 0 Å². The topological polar surface area (TPSA) is 32.5 Å². The lowest BCUT2D eigenvalue weighted by molar-refractivity contribution is 0.147. The molecule has 0 spiro atoms. The largest absolute Gasteiger partial charge is 0.329 e. The Kier molecular flexibility index (Phi) is 4.09. The van der Waals surface area contributed by atoms with Gasteiger partial charge in [-0.25, -0.2) is 0 Å². The van der Waals surface area contributed by atoms with Crippen molar-refractivity contribution in [3.05, 3.63) is 0 Å². The highest BCUT2D eigenvalue weighted by Gasteiger charge is 2.14. The van der Waals surface area contributed by atoms with Crippen LogP contribution in [0.1, 0.15) is 0 Å². The molecule has 1 fully saturated rings. The molecule has 1 saturated heterocycles. The Hall–Kier alpha value is -0.560. The quantitative estimate of drug-likeness (QED) is 0.558. The zero-order chi connectivity index (χ0) is 8.81. The number of nitrogens with two attached hydrogens (primary N) is 1. The summed E-state index contributed by atoms with van der Waals surface area (Å²) < 4.78 is 0. The molecule has 2 N–H and O–H groups in total. The van der Waals surface area contributed by atoms with Crippen molar-refractivity contribution in [1.82, 2.24) is 9.80 Å². The van der Waals surface area contributed by atoms with Crippen molar-refractivity contribution in [2.75, 3.05) is 45.8 Å². The molecule has 0 aromatic rings. The standard InChI is InChI=1S/C9H17N3/c1-2-4-11-6-8-12(5-3-10)9-7-11/h1H,3-10H2. The molecule has 3 heteroatoms. The molecule has 0 amide bonds. The second-order valence-electron chi connectivity index (χ2n) is 3.11. The lowest BCUT2D eigenvalue weighted by atomic mass is 10.3. The summed E-state index contributed by atoms with van der Waals surface area (Å²) >= 11 is 0. The fraction of sp³-hybridized carbons (Fsp3) is 0.778. The predicted octanol–water partition coefficient (Wildman–Crippen LogP) is -0.804. The van der Waals surface area contributed by atoms with Gasteiger partial charge in [-0.1, -0.05) is 5.92 Å². The highest BCUT2D eigenvalue weighted by Crippen LogP contribution is 1.99. The first-order chi connectivity index (χ1) is 5.86. The zero-order valence-corrected chi connectivity index (χ0v) is 7.50. The Morgan fingerprint density at radius 2 is 1.75 bits per heavy atom. The smallest absolute Gasteiger partial charge is 0.0599 e. The average Bonchev–Trinajstić information content (AvgIpc) is 2.09. The van der Waals surface area contributed by atoms with Crippen molar-refractivity contribution in [2.45, 2.75) is 0 Å². The number of nitrogens with zero attached hydrogens (tertiary/aromatic N) is 2. The van der Waals surface area contributed by atoms with E-state index >= 15 is 0 Å². The number of hydrogen-bond donors (Lipinski definition) is 1. The van der Waals surface area contributed by atoms with E-state index in [4.69, 9.17) is 12.2 Å². The van der Waals surface area contributed by atoms with E-state index in [0.29, 0.717) is 0 Å². The van der Waals surface area contributed by atoms with E-state index in [1.807, 2.05) is 0 Å². The molecule has 0 atom stereocenters. The molecule has 68 valence electrons. The Morgan fingerprint density at radius 3 is 2.25 bits per heavy atom. The SMILES string of the molecule is C#CCN1CCN(CCN)CC1. The van der Waals surface area contributed by atoms with Crippen molar-refractivity contribution >= 4 is 0 Å². The minimum Gasteiger partial charge on any atom is -0.329 e. The average molecular weight is 167 g/mol. The van der Waals surface area contributed by atoms with Crippen molar-refractivity contribution in [1.29, 1.82) is 0 Å². The first kappa shape index (κ1) is 9.53. The van der Waals surface area contributed by atoms with E-state index in [9.17, 15) is 0 Å². The van der Waals surface area contributed by atoms with Gasteiger partial charge in [-0.2, -0.15) is 0 Å². The van der Waals surface area contributed by atoms with Crippen LogP contribution in [0.2, 0.25) is 0 Å². The van der Waals surface area contributed by atoms with Gasteiger partial charge in [0.25, 0.3) is 0 Å². The van der Waals surface area contributed by atoms with Crippen LogP contribution in [0, 0.1) is 12.3 Å². The molecule has 3 nitrogen and oxygen atoms in total. The predicted molar refractivity (Wildman–Crippen MR) is 50.8 cm³/mol. The van der Waals surface area contributed by atoms with Gasteiger partial charge in [-0.3, -0.25) is 9.80 Å². The van der Waals surface area contributed by atoms with Crippen LogP contribution in [0.5, 0.6) is 0 Å². The lowest BCUT2D eigenvalue weighted by Crippen LogP contribution is -2.47. The highest BCUT2D eigenvalue weighted by molar-refractivity contribution is 4.89. The Bertz CT molecular complexity index is 154. The Balaban J connectivity index is 2.16. The molecule has 0 radical (unpaired) electrons. The van der Waals surface area contributed by atoms with Crippen LogP contribution in [-0.2, 0) is 0 Å². The molecule has 0 bridgehead atoms. The Morgan fingerprint density at radius 1 is 1.17 bits per heavy atom. The van der Waals surface area contributed by atoms with Gasteiger partial charge < -0.3 is 5.73 Å². The molecule has 1 heterocycles. The van der Waals surface area contributed by atoms with Gasteiger partial charge in [0.2, 0.25) is 0 Å². The minimum atomic E-state index is 0.759. The normalized spacial score (nSPS) is 20.7. The van der Waals surface area contributed by atoms with Crippen LogP contribution in [0.4, 0.5) is 0 Å². The van der Waals surface area contributed by atoms with E-state index in [0.717, 1.165) is 45.8 Å². The molecule has 0 saturated carbocycles. The van der Waals surface area contributed by atoms with Gasteiger partial charge in [-0.05, 0) is 0 Å². The molecule has 0 aromatic heterocycles. The van der Waals surface area contributed by atoms with Crippen LogP contribution in [0.15, 0.2) is 0 Å². The third kappa shape index (κ3) is 2.82. The van der Waals surface area contributed by atoms with Crippen molar-refractivity contribution < 1.29 is 0 Å². The first-order valence-corrected chi connectivity index (χ1v) is 4.45. The first-order valence-electron chi connectivity index (χ1n) is 4.45. The van der Waals surface area contributed by atoms with Gasteiger partial charge in [-0.15, -0.1) is 6.42 Å². The molecular formula is C9H17N3. The third-order valence-corrected chi connectivity index (χ3v) is 2.23. The van der Waals surface area contributed by atoms with Gasteiger partial charge in [0.15, 0.2) is 0 Å². The van der Waals surface area contributed by atoms with Crippen molar-refractivity contribution in [3.63, 3.8) is 0 Å². The van der Waals surface area contributed by atoms with Crippen LogP contribution >= 0.6 is 0 Å².